The summed E-state index contributed by atoms with van der Waals surface area (Å²) < 4.78 is 49.3. The number of sulfonamides is 1. The van der Waals surface area contributed by atoms with Crippen LogP contribution in [0.2, 0.25) is 5.02 Å². The molecule has 3 aromatic rings. The number of amides is 1. The van der Waals surface area contributed by atoms with Crippen LogP contribution in [0.1, 0.15) is 50.7 Å². The third kappa shape index (κ3) is 7.79. The van der Waals surface area contributed by atoms with E-state index in [1.807, 2.05) is 39.0 Å². The second kappa shape index (κ2) is 14.8. The van der Waals surface area contributed by atoms with Crippen LogP contribution in [0, 0.1) is 11.7 Å². The molecule has 3 aromatic carbocycles. The smallest absolute Gasteiger partial charge is 0.243 e. The first-order valence-electron chi connectivity index (χ1n) is 14.9. The number of nitrogens with two attached hydrogens (primary N) is 1. The molecule has 1 saturated heterocycles. The summed E-state index contributed by atoms with van der Waals surface area (Å²) >= 11 is 6.21. The van der Waals surface area contributed by atoms with Gasteiger partial charge in [0.25, 0.3) is 0 Å². The number of carbonyl (C=O) groups is 1. The van der Waals surface area contributed by atoms with E-state index in [-0.39, 0.29) is 28.8 Å². The number of benzene rings is 3. The Hall–Kier alpha value is -3.02. The van der Waals surface area contributed by atoms with Crippen LogP contribution in [0.4, 0.5) is 10.1 Å². The lowest BCUT2D eigenvalue weighted by atomic mass is 9.82. The molecule has 0 spiro atoms. The van der Waals surface area contributed by atoms with Crippen molar-refractivity contribution in [3.05, 3.63) is 88.7 Å². The molecule has 0 bridgehead atoms. The Balaban J connectivity index is 1.48. The largest absolute Gasteiger partial charge is 0.497 e. The van der Waals surface area contributed by atoms with Crippen molar-refractivity contribution in [2.45, 2.75) is 69.0 Å². The quantitative estimate of drug-likeness (QED) is 0.238. The van der Waals surface area contributed by atoms with E-state index in [4.69, 9.17) is 22.1 Å². The first-order valence-corrected chi connectivity index (χ1v) is 16.7. The standard InChI is InChI=1S/C33H42ClFN4O4S/c1-21(2)31(23-8-5-9-24(34)18-23)32(36)33(40)38-30-13-7-12-29(35)28(30)11-6-10-25-20-37-19-22(3)39(25)44(41,42)27-16-14-26(43-4)15-17-27/h5,7-9,12-18,21-22,25,31-32,37H,6,10-11,19-20,36H2,1-4H3,(H,38,40)/t22-,25-,31+,32-/m0/s1. The van der Waals surface area contributed by atoms with Crippen LogP contribution < -0.4 is 21.1 Å². The molecule has 1 fully saturated rings. The Morgan fingerprint density at radius 2 is 1.84 bits per heavy atom. The zero-order valence-corrected chi connectivity index (χ0v) is 27.2. The van der Waals surface area contributed by atoms with E-state index in [1.165, 1.54) is 13.2 Å². The number of nitrogens with zero attached hydrogens (tertiary/aromatic N) is 1. The molecular formula is C33H42ClFN4O4S. The summed E-state index contributed by atoms with van der Waals surface area (Å²) in [5.41, 5.74) is 8.06. The van der Waals surface area contributed by atoms with Gasteiger partial charge in [0, 0.05) is 47.4 Å². The maximum atomic E-state index is 15.1. The molecule has 0 aromatic heterocycles. The van der Waals surface area contributed by atoms with E-state index in [9.17, 15) is 13.2 Å². The minimum Gasteiger partial charge on any atom is -0.497 e. The third-order valence-electron chi connectivity index (χ3n) is 8.23. The molecule has 0 unspecified atom stereocenters. The topological polar surface area (TPSA) is 114 Å². The van der Waals surface area contributed by atoms with Crippen molar-refractivity contribution in [3.8, 4) is 5.75 Å². The van der Waals surface area contributed by atoms with Crippen LogP contribution in [-0.2, 0) is 21.2 Å². The molecule has 1 heterocycles. The van der Waals surface area contributed by atoms with Gasteiger partial charge >= 0.3 is 0 Å². The molecule has 44 heavy (non-hydrogen) atoms. The van der Waals surface area contributed by atoms with E-state index in [0.717, 1.165) is 5.56 Å². The zero-order chi connectivity index (χ0) is 32.0. The van der Waals surface area contributed by atoms with Crippen LogP contribution in [0.25, 0.3) is 0 Å². The minimum atomic E-state index is -3.78. The molecule has 8 nitrogen and oxygen atoms in total. The van der Waals surface area contributed by atoms with Crippen molar-refractivity contribution >= 4 is 33.2 Å². The van der Waals surface area contributed by atoms with Crippen molar-refractivity contribution in [3.63, 3.8) is 0 Å². The molecule has 1 amide bonds. The fraction of sp³-hybridized carbons (Fsp3) is 0.424. The maximum absolute atomic E-state index is 15.1. The molecule has 4 N–H and O–H groups in total. The fourth-order valence-electron chi connectivity index (χ4n) is 6.07. The summed E-state index contributed by atoms with van der Waals surface area (Å²) in [6.07, 6.45) is 1.31. The molecule has 0 saturated carbocycles. The van der Waals surface area contributed by atoms with Gasteiger partial charge in [0.1, 0.15) is 11.6 Å². The second-order valence-corrected chi connectivity index (χ2v) is 13.9. The number of carbonyl (C=O) groups excluding carboxylic acids is 1. The van der Waals surface area contributed by atoms with E-state index in [0.29, 0.717) is 54.4 Å². The average Bonchev–Trinajstić information content (AvgIpc) is 2.98. The van der Waals surface area contributed by atoms with Gasteiger partial charge in [0.15, 0.2) is 0 Å². The maximum Gasteiger partial charge on any atom is 0.243 e. The van der Waals surface area contributed by atoms with E-state index < -0.39 is 27.8 Å². The summed E-state index contributed by atoms with van der Waals surface area (Å²) in [6, 6.07) is 16.8. The molecular weight excluding hydrogens is 603 g/mol. The fourth-order valence-corrected chi connectivity index (χ4v) is 8.12. The van der Waals surface area contributed by atoms with E-state index in [2.05, 4.69) is 10.6 Å². The number of nitrogens with one attached hydrogen (secondary N) is 2. The van der Waals surface area contributed by atoms with Crippen LogP contribution >= 0.6 is 11.6 Å². The first-order chi connectivity index (χ1) is 20.9. The van der Waals surface area contributed by atoms with Crippen molar-refractivity contribution in [1.82, 2.24) is 9.62 Å². The number of ether oxygens (including phenoxy) is 1. The normalized spacial score (nSPS) is 19.0. The molecule has 1 aliphatic rings. The molecule has 238 valence electrons. The highest BCUT2D eigenvalue weighted by atomic mass is 35.5. The average molecular weight is 645 g/mol. The number of piperazine rings is 1. The molecule has 4 rings (SSSR count). The Bertz CT molecular complexity index is 1540. The lowest BCUT2D eigenvalue weighted by Crippen LogP contribution is -2.58. The Kier molecular flexibility index (Phi) is 11.4. The Labute approximate surface area is 265 Å². The minimum absolute atomic E-state index is 0.0461. The molecule has 11 heteroatoms. The van der Waals surface area contributed by atoms with Crippen molar-refractivity contribution in [1.29, 1.82) is 0 Å². The predicted octanol–water partition coefficient (Wildman–Crippen LogP) is 5.57. The first kappa shape index (κ1) is 33.9. The van der Waals surface area contributed by atoms with Gasteiger partial charge in [-0.05, 0) is 86.2 Å². The summed E-state index contributed by atoms with van der Waals surface area (Å²) in [7, 11) is -2.25. The lowest BCUT2D eigenvalue weighted by Gasteiger charge is -2.40. The third-order valence-corrected chi connectivity index (χ3v) is 10.5. The van der Waals surface area contributed by atoms with Crippen molar-refractivity contribution < 1.29 is 22.3 Å². The van der Waals surface area contributed by atoms with Gasteiger partial charge in [-0.3, -0.25) is 4.79 Å². The van der Waals surface area contributed by atoms with Crippen molar-refractivity contribution in [2.24, 2.45) is 11.7 Å². The van der Waals surface area contributed by atoms with Crippen LogP contribution in [-0.4, -0.2) is 57.0 Å². The van der Waals surface area contributed by atoms with Gasteiger partial charge in [0.05, 0.1) is 18.0 Å². The number of hydrogen-bond acceptors (Lipinski definition) is 6. The van der Waals surface area contributed by atoms with Crippen molar-refractivity contribution in [2.75, 3.05) is 25.5 Å². The lowest BCUT2D eigenvalue weighted by molar-refractivity contribution is -0.118. The predicted molar refractivity (Wildman–Crippen MR) is 173 cm³/mol. The van der Waals surface area contributed by atoms with Gasteiger partial charge in [-0.15, -0.1) is 0 Å². The van der Waals surface area contributed by atoms with Crippen LogP contribution in [0.5, 0.6) is 5.75 Å². The van der Waals surface area contributed by atoms with E-state index >= 15 is 4.39 Å². The van der Waals surface area contributed by atoms with E-state index in [1.54, 1.807) is 46.8 Å². The highest BCUT2D eigenvalue weighted by Gasteiger charge is 2.37. The summed E-state index contributed by atoms with van der Waals surface area (Å²) in [6.45, 7) is 6.87. The highest BCUT2D eigenvalue weighted by molar-refractivity contribution is 7.89. The number of rotatable bonds is 12. The Morgan fingerprint density at radius 3 is 2.50 bits per heavy atom. The monoisotopic (exact) mass is 644 g/mol. The van der Waals surface area contributed by atoms with Crippen LogP contribution in [0.3, 0.4) is 0 Å². The highest BCUT2D eigenvalue weighted by Crippen LogP contribution is 2.31. The van der Waals surface area contributed by atoms with Gasteiger partial charge in [-0.1, -0.05) is 43.6 Å². The number of methoxy groups -OCH3 is 1. The number of anilines is 1. The number of hydrogen-bond donors (Lipinski definition) is 3. The molecule has 0 radical (unpaired) electrons. The van der Waals surface area contributed by atoms with Gasteiger partial charge in [-0.25, -0.2) is 12.8 Å². The summed E-state index contributed by atoms with van der Waals surface area (Å²) in [4.78, 5) is 13.6. The summed E-state index contributed by atoms with van der Waals surface area (Å²) in [5, 5.41) is 6.75. The second-order valence-electron chi connectivity index (χ2n) is 11.7. The summed E-state index contributed by atoms with van der Waals surface area (Å²) in [5.74, 6) is -0.538. The van der Waals surface area contributed by atoms with Gasteiger partial charge in [0.2, 0.25) is 15.9 Å². The molecule has 4 atom stereocenters. The molecule has 1 aliphatic heterocycles. The van der Waals surface area contributed by atoms with Gasteiger partial charge in [-0.2, -0.15) is 4.31 Å². The molecule has 0 aliphatic carbocycles. The van der Waals surface area contributed by atoms with Crippen LogP contribution in [0.15, 0.2) is 71.6 Å². The SMILES string of the molecule is COc1ccc(S(=O)(=O)N2[C@@H](CCCc3c(F)cccc3NC(=O)[C@@H](N)[C@@H](c3cccc(Cl)c3)C(C)C)CNC[C@@H]2C)cc1. The number of halogens is 2. The zero-order valence-electron chi connectivity index (χ0n) is 25.6. The Morgan fingerprint density at radius 1 is 1.14 bits per heavy atom. The van der Waals surface area contributed by atoms with Gasteiger partial charge < -0.3 is 21.1 Å².